The van der Waals surface area contributed by atoms with Gasteiger partial charge in [0.25, 0.3) is 0 Å². The number of fused-ring (bicyclic) bond motifs is 1. The lowest BCUT2D eigenvalue weighted by molar-refractivity contribution is -0.169. The molecule has 5 rings (SSSR count). The number of methoxy groups -OCH3 is 1. The number of aryl methyl sites for hydroxylation is 1. The van der Waals surface area contributed by atoms with Crippen LogP contribution in [0.5, 0.6) is 5.75 Å². The van der Waals surface area contributed by atoms with Crippen molar-refractivity contribution < 1.29 is 19.0 Å². The highest BCUT2D eigenvalue weighted by molar-refractivity contribution is 5.87. The van der Waals surface area contributed by atoms with Crippen molar-refractivity contribution in [1.82, 2.24) is 19.6 Å². The summed E-state index contributed by atoms with van der Waals surface area (Å²) in [6, 6.07) is 16.1. The van der Waals surface area contributed by atoms with Gasteiger partial charge in [-0.15, -0.1) is 0 Å². The van der Waals surface area contributed by atoms with Gasteiger partial charge in [0.05, 0.1) is 48.6 Å². The van der Waals surface area contributed by atoms with Gasteiger partial charge in [-0.1, -0.05) is 31.2 Å². The Labute approximate surface area is 204 Å². The van der Waals surface area contributed by atoms with E-state index in [1.807, 2.05) is 78.1 Å². The summed E-state index contributed by atoms with van der Waals surface area (Å²) in [5.74, 6) is 0.447. The molecule has 2 aromatic heterocycles. The van der Waals surface area contributed by atoms with Crippen LogP contribution in [-0.2, 0) is 27.9 Å². The lowest BCUT2D eigenvalue weighted by Crippen LogP contribution is -2.38. The molecule has 2 aromatic carbocycles. The quantitative estimate of drug-likeness (QED) is 0.324. The second kappa shape index (κ2) is 9.19. The number of ether oxygens (including phenoxy) is 3. The summed E-state index contributed by atoms with van der Waals surface area (Å²) in [5.41, 5.74) is 3.42. The Morgan fingerprint density at radius 1 is 1.17 bits per heavy atom. The van der Waals surface area contributed by atoms with E-state index in [2.05, 4.69) is 5.10 Å². The Hall–Kier alpha value is -3.65. The van der Waals surface area contributed by atoms with E-state index < -0.39 is 11.6 Å². The Morgan fingerprint density at radius 3 is 2.71 bits per heavy atom. The second-order valence-corrected chi connectivity index (χ2v) is 9.13. The molecule has 4 aromatic rings. The largest absolute Gasteiger partial charge is 0.490 e. The van der Waals surface area contributed by atoms with Gasteiger partial charge in [0, 0.05) is 18.0 Å². The first-order chi connectivity index (χ1) is 16.9. The SMILES string of the molecule is CCC(C)(OCc1cc(-c2cccc(OC3CC3)c2)n(-c2cccc3cnn(C)c23)n1)C(=O)OC. The van der Waals surface area contributed by atoms with Gasteiger partial charge in [-0.2, -0.15) is 10.2 Å². The van der Waals surface area contributed by atoms with Crippen LogP contribution in [-0.4, -0.2) is 44.3 Å². The third-order valence-corrected chi connectivity index (χ3v) is 6.52. The average Bonchev–Trinajstić information content (AvgIpc) is 3.46. The zero-order chi connectivity index (χ0) is 24.6. The first-order valence-corrected chi connectivity index (χ1v) is 11.9. The molecule has 1 fully saturated rings. The number of esters is 1. The zero-order valence-corrected chi connectivity index (χ0v) is 20.5. The molecule has 0 N–H and O–H groups in total. The first-order valence-electron chi connectivity index (χ1n) is 11.9. The van der Waals surface area contributed by atoms with Crippen molar-refractivity contribution in [2.45, 2.75) is 51.4 Å². The first kappa shape index (κ1) is 23.1. The highest BCUT2D eigenvalue weighted by Gasteiger charge is 2.34. The van der Waals surface area contributed by atoms with E-state index in [-0.39, 0.29) is 6.61 Å². The van der Waals surface area contributed by atoms with Crippen LogP contribution in [0.15, 0.2) is 54.7 Å². The second-order valence-electron chi connectivity index (χ2n) is 9.13. The van der Waals surface area contributed by atoms with Gasteiger partial charge in [-0.05, 0) is 50.5 Å². The van der Waals surface area contributed by atoms with Crippen LogP contribution in [0, 0.1) is 0 Å². The van der Waals surface area contributed by atoms with Crippen molar-refractivity contribution in [2.75, 3.05) is 7.11 Å². The summed E-state index contributed by atoms with van der Waals surface area (Å²) in [6.45, 7) is 3.81. The Morgan fingerprint density at radius 2 is 1.97 bits per heavy atom. The van der Waals surface area contributed by atoms with E-state index in [0.29, 0.717) is 18.2 Å². The molecule has 0 amide bonds. The number of rotatable bonds is 9. The van der Waals surface area contributed by atoms with Crippen LogP contribution < -0.4 is 4.74 Å². The van der Waals surface area contributed by atoms with E-state index in [4.69, 9.17) is 19.3 Å². The monoisotopic (exact) mass is 474 g/mol. The molecule has 1 saturated carbocycles. The summed E-state index contributed by atoms with van der Waals surface area (Å²) in [4.78, 5) is 12.3. The van der Waals surface area contributed by atoms with Crippen LogP contribution in [0.25, 0.3) is 27.8 Å². The number of hydrogen-bond donors (Lipinski definition) is 0. The maximum Gasteiger partial charge on any atom is 0.337 e. The maximum absolute atomic E-state index is 12.3. The molecule has 1 aliphatic carbocycles. The molecule has 1 atom stereocenters. The van der Waals surface area contributed by atoms with Gasteiger partial charge in [0.1, 0.15) is 5.75 Å². The van der Waals surface area contributed by atoms with Crippen LogP contribution in [0.1, 0.15) is 38.8 Å². The Bertz CT molecular complexity index is 1370. The van der Waals surface area contributed by atoms with Gasteiger partial charge >= 0.3 is 5.97 Å². The minimum absolute atomic E-state index is 0.166. The summed E-state index contributed by atoms with van der Waals surface area (Å²) in [5, 5.41) is 10.4. The number of carbonyl (C=O) groups is 1. The van der Waals surface area contributed by atoms with Crippen LogP contribution in [0.3, 0.4) is 0 Å². The molecule has 8 nitrogen and oxygen atoms in total. The summed E-state index contributed by atoms with van der Waals surface area (Å²) < 4.78 is 20.8. The third kappa shape index (κ3) is 4.53. The van der Waals surface area contributed by atoms with Crippen molar-refractivity contribution in [1.29, 1.82) is 0 Å². The molecule has 182 valence electrons. The van der Waals surface area contributed by atoms with E-state index in [9.17, 15) is 4.79 Å². The normalized spacial score (nSPS) is 15.2. The van der Waals surface area contributed by atoms with Gasteiger partial charge in [-0.3, -0.25) is 4.68 Å². The van der Waals surface area contributed by atoms with Crippen molar-refractivity contribution in [3.63, 3.8) is 0 Å². The van der Waals surface area contributed by atoms with Crippen LogP contribution in [0.4, 0.5) is 0 Å². The number of para-hydroxylation sites is 1. The third-order valence-electron chi connectivity index (χ3n) is 6.52. The van der Waals surface area contributed by atoms with Gasteiger partial charge in [-0.25, -0.2) is 9.48 Å². The molecule has 0 radical (unpaired) electrons. The molecule has 8 heteroatoms. The minimum Gasteiger partial charge on any atom is -0.490 e. The van der Waals surface area contributed by atoms with E-state index in [0.717, 1.165) is 46.4 Å². The number of nitrogens with zero attached hydrogens (tertiary/aromatic N) is 4. The van der Waals surface area contributed by atoms with Gasteiger partial charge in [0.15, 0.2) is 5.60 Å². The van der Waals surface area contributed by atoms with Crippen molar-refractivity contribution in [3.8, 4) is 22.7 Å². The van der Waals surface area contributed by atoms with Crippen LogP contribution in [0.2, 0.25) is 0 Å². The zero-order valence-electron chi connectivity index (χ0n) is 20.5. The predicted molar refractivity (Wildman–Crippen MR) is 132 cm³/mol. The highest BCUT2D eigenvalue weighted by Crippen LogP contribution is 2.33. The Kier molecular flexibility index (Phi) is 6.06. The summed E-state index contributed by atoms with van der Waals surface area (Å²) >= 11 is 0. The topological polar surface area (TPSA) is 80.4 Å². The standard InChI is InChI=1S/C27H30N4O4/c1-5-27(2,26(32)33-4)34-17-20-15-24(18-8-6-10-22(14-18)35-21-12-13-21)31(29-20)23-11-7-9-19-16-28-30(3)25(19)23/h6-11,14-16,21H,5,12-13,17H2,1-4H3. The number of benzene rings is 2. The summed E-state index contributed by atoms with van der Waals surface area (Å²) in [6.07, 6.45) is 4.85. The fourth-order valence-corrected chi connectivity index (χ4v) is 4.13. The fraction of sp³-hybridized carbons (Fsp3) is 0.370. The lowest BCUT2D eigenvalue weighted by atomic mass is 10.0. The number of carbonyl (C=O) groups excluding carboxylic acids is 1. The molecule has 0 saturated heterocycles. The predicted octanol–water partition coefficient (Wildman–Crippen LogP) is 4.83. The van der Waals surface area contributed by atoms with Gasteiger partial charge in [0.2, 0.25) is 0 Å². The van der Waals surface area contributed by atoms with Crippen LogP contribution >= 0.6 is 0 Å². The molecule has 0 spiro atoms. The molecule has 35 heavy (non-hydrogen) atoms. The number of hydrogen-bond acceptors (Lipinski definition) is 6. The van der Waals surface area contributed by atoms with E-state index >= 15 is 0 Å². The van der Waals surface area contributed by atoms with E-state index in [1.54, 1.807) is 6.92 Å². The van der Waals surface area contributed by atoms with Gasteiger partial charge < -0.3 is 14.2 Å². The molecule has 1 unspecified atom stereocenters. The van der Waals surface area contributed by atoms with Crippen molar-refractivity contribution in [2.24, 2.45) is 7.05 Å². The lowest BCUT2D eigenvalue weighted by Gasteiger charge is -2.24. The number of aromatic nitrogens is 4. The molecule has 1 aliphatic rings. The molecular weight excluding hydrogens is 444 g/mol. The molecule has 0 aliphatic heterocycles. The summed E-state index contributed by atoms with van der Waals surface area (Å²) in [7, 11) is 3.30. The highest BCUT2D eigenvalue weighted by atomic mass is 16.6. The average molecular weight is 475 g/mol. The molecular formula is C27H30N4O4. The Balaban J connectivity index is 1.57. The molecule has 0 bridgehead atoms. The fourth-order valence-electron chi connectivity index (χ4n) is 4.13. The van der Waals surface area contributed by atoms with Crippen molar-refractivity contribution in [3.05, 3.63) is 60.4 Å². The maximum atomic E-state index is 12.3. The van der Waals surface area contributed by atoms with E-state index in [1.165, 1.54) is 7.11 Å². The smallest absolute Gasteiger partial charge is 0.337 e. The van der Waals surface area contributed by atoms with Crippen molar-refractivity contribution >= 4 is 16.9 Å². The minimum atomic E-state index is -1.04. The molecule has 2 heterocycles.